The number of hydrogen-bond donors (Lipinski definition) is 0. The predicted molar refractivity (Wildman–Crippen MR) is 210 cm³/mol. The Morgan fingerprint density at radius 2 is 0.686 bits per heavy atom. The molecule has 0 saturated heterocycles. The van der Waals surface area contributed by atoms with Crippen molar-refractivity contribution < 1.29 is 13.3 Å². The van der Waals surface area contributed by atoms with E-state index >= 15 is 0 Å². The first kappa shape index (κ1) is 28.0. The summed E-state index contributed by atoms with van der Waals surface area (Å²) in [6.07, 6.45) is 3.49. The van der Waals surface area contributed by atoms with E-state index in [0.717, 1.165) is 66.5 Å². The molecular formula is C48H28O3. The van der Waals surface area contributed by atoms with E-state index in [-0.39, 0.29) is 0 Å². The van der Waals surface area contributed by atoms with Gasteiger partial charge in [-0.1, -0.05) is 109 Å². The van der Waals surface area contributed by atoms with Gasteiger partial charge >= 0.3 is 0 Å². The molecule has 0 spiro atoms. The van der Waals surface area contributed by atoms with Crippen molar-refractivity contribution >= 4 is 65.0 Å². The Hall–Kier alpha value is -6.84. The summed E-state index contributed by atoms with van der Waals surface area (Å²) in [5, 5.41) is 11.6. The molecule has 0 saturated carbocycles. The topological polar surface area (TPSA) is 39.4 Å². The van der Waals surface area contributed by atoms with Crippen LogP contribution >= 0.6 is 0 Å². The van der Waals surface area contributed by atoms with E-state index in [1.807, 2.05) is 24.3 Å². The van der Waals surface area contributed by atoms with Crippen LogP contribution in [0.25, 0.3) is 110 Å². The van der Waals surface area contributed by atoms with Crippen LogP contribution in [-0.2, 0) is 0 Å². The maximum Gasteiger partial charge on any atom is 0.136 e. The third-order valence-corrected chi connectivity index (χ3v) is 10.4. The zero-order chi connectivity index (χ0) is 33.5. The number of rotatable bonds is 4. The van der Waals surface area contributed by atoms with Crippen LogP contribution in [0, 0.1) is 0 Å². The predicted octanol–water partition coefficient (Wildman–Crippen LogP) is 14.1. The lowest BCUT2D eigenvalue weighted by Gasteiger charge is -2.16. The second-order valence-electron chi connectivity index (χ2n) is 13.2. The molecule has 3 aromatic heterocycles. The zero-order valence-electron chi connectivity index (χ0n) is 27.4. The van der Waals surface area contributed by atoms with Crippen molar-refractivity contribution in [3.05, 3.63) is 170 Å². The summed E-state index contributed by atoms with van der Waals surface area (Å²) in [4.78, 5) is 0. The fraction of sp³-hybridized carbons (Fsp3) is 0. The molecule has 0 N–H and O–H groups in total. The van der Waals surface area contributed by atoms with Crippen molar-refractivity contribution in [2.75, 3.05) is 0 Å². The lowest BCUT2D eigenvalue weighted by Crippen LogP contribution is -1.90. The average molecular weight is 653 g/mol. The zero-order valence-corrected chi connectivity index (χ0v) is 27.4. The van der Waals surface area contributed by atoms with E-state index in [0.29, 0.717) is 0 Å². The van der Waals surface area contributed by atoms with Crippen LogP contribution in [0.2, 0.25) is 0 Å². The van der Waals surface area contributed by atoms with Gasteiger partial charge in [0, 0.05) is 21.9 Å². The Balaban J connectivity index is 1.13. The summed E-state index contributed by atoms with van der Waals surface area (Å²) in [6.45, 7) is 0. The van der Waals surface area contributed by atoms with Crippen molar-refractivity contribution in [2.45, 2.75) is 0 Å². The van der Waals surface area contributed by atoms with Gasteiger partial charge in [0.2, 0.25) is 0 Å². The van der Waals surface area contributed by atoms with Crippen molar-refractivity contribution in [3.63, 3.8) is 0 Å². The molecule has 0 aliphatic rings. The van der Waals surface area contributed by atoms with Gasteiger partial charge in [-0.15, -0.1) is 0 Å². The second kappa shape index (κ2) is 10.8. The van der Waals surface area contributed by atoms with Crippen LogP contribution in [0.1, 0.15) is 0 Å². The maximum atomic E-state index is 6.63. The van der Waals surface area contributed by atoms with Gasteiger partial charge in [0.15, 0.2) is 0 Å². The standard InChI is InChI=1S/C48H28O3/c1-5-15-36-32(11-1)45(33-12-2-6-16-37(33)47(36)42-19-9-25-49-42)29-22-24-41-40(27-29)31-23-21-30(28-44(31)51-41)46-34-13-3-7-17-38(34)48(43-20-10-26-50-43)39-18-8-4-14-35(39)46/h1-28H. The molecule has 0 radical (unpaired) electrons. The molecule has 11 rings (SSSR count). The van der Waals surface area contributed by atoms with Gasteiger partial charge in [0.25, 0.3) is 0 Å². The van der Waals surface area contributed by atoms with Gasteiger partial charge < -0.3 is 13.3 Å². The highest BCUT2D eigenvalue weighted by atomic mass is 16.3. The third kappa shape index (κ3) is 4.12. The largest absolute Gasteiger partial charge is 0.464 e. The molecule has 0 fully saturated rings. The van der Waals surface area contributed by atoms with Crippen LogP contribution in [-0.4, -0.2) is 0 Å². The molecule has 0 aliphatic carbocycles. The molecule has 11 aromatic rings. The Labute approximate surface area is 292 Å². The molecule has 238 valence electrons. The van der Waals surface area contributed by atoms with Gasteiger partial charge in [-0.2, -0.15) is 0 Å². The van der Waals surface area contributed by atoms with Gasteiger partial charge in [0.1, 0.15) is 22.7 Å². The molecule has 0 atom stereocenters. The molecule has 3 heterocycles. The molecule has 0 amide bonds. The van der Waals surface area contributed by atoms with Crippen molar-refractivity contribution in [1.82, 2.24) is 0 Å². The van der Waals surface area contributed by atoms with Crippen LogP contribution in [0.15, 0.2) is 184 Å². The fourth-order valence-electron chi connectivity index (χ4n) is 8.34. The average Bonchev–Trinajstić information content (AvgIpc) is 3.98. The molecule has 3 heteroatoms. The highest BCUT2D eigenvalue weighted by Gasteiger charge is 2.21. The third-order valence-electron chi connectivity index (χ3n) is 10.4. The first-order valence-electron chi connectivity index (χ1n) is 17.2. The molecule has 8 aromatic carbocycles. The summed E-state index contributed by atoms with van der Waals surface area (Å²) in [5.41, 5.74) is 8.64. The van der Waals surface area contributed by atoms with Crippen molar-refractivity contribution in [1.29, 1.82) is 0 Å². The summed E-state index contributed by atoms with van der Waals surface area (Å²) >= 11 is 0. The minimum atomic E-state index is 0.866. The minimum absolute atomic E-state index is 0.866. The van der Waals surface area contributed by atoms with E-state index in [1.165, 1.54) is 43.4 Å². The number of hydrogen-bond acceptors (Lipinski definition) is 3. The van der Waals surface area contributed by atoms with E-state index in [1.54, 1.807) is 12.5 Å². The highest BCUT2D eigenvalue weighted by molar-refractivity contribution is 6.23. The highest BCUT2D eigenvalue weighted by Crippen LogP contribution is 2.47. The van der Waals surface area contributed by atoms with E-state index < -0.39 is 0 Å². The smallest absolute Gasteiger partial charge is 0.136 e. The molecule has 3 nitrogen and oxygen atoms in total. The van der Waals surface area contributed by atoms with Gasteiger partial charge in [-0.25, -0.2) is 0 Å². The van der Waals surface area contributed by atoms with Crippen molar-refractivity contribution in [2.24, 2.45) is 0 Å². The van der Waals surface area contributed by atoms with E-state index in [4.69, 9.17) is 13.3 Å². The Morgan fingerprint density at radius 3 is 1.12 bits per heavy atom. The monoisotopic (exact) mass is 652 g/mol. The minimum Gasteiger partial charge on any atom is -0.464 e. The fourth-order valence-corrected chi connectivity index (χ4v) is 8.34. The Kier molecular flexibility index (Phi) is 5.96. The number of furan rings is 3. The normalized spacial score (nSPS) is 11.9. The van der Waals surface area contributed by atoms with Gasteiger partial charge in [-0.05, 0) is 114 Å². The number of fused-ring (bicyclic) bond motifs is 7. The van der Waals surface area contributed by atoms with E-state index in [2.05, 4.69) is 133 Å². The summed E-state index contributed by atoms with van der Waals surface area (Å²) in [7, 11) is 0. The van der Waals surface area contributed by atoms with Gasteiger partial charge in [0.05, 0.1) is 12.5 Å². The summed E-state index contributed by atoms with van der Waals surface area (Å²) < 4.78 is 18.6. The van der Waals surface area contributed by atoms with Crippen molar-refractivity contribution in [3.8, 4) is 44.9 Å². The quantitative estimate of drug-likeness (QED) is 0.178. The van der Waals surface area contributed by atoms with E-state index in [9.17, 15) is 0 Å². The van der Waals surface area contributed by atoms with Gasteiger partial charge in [-0.3, -0.25) is 0 Å². The van der Waals surface area contributed by atoms with Crippen LogP contribution < -0.4 is 0 Å². The lowest BCUT2D eigenvalue weighted by atomic mass is 9.87. The molecular weight excluding hydrogens is 625 g/mol. The van der Waals surface area contributed by atoms with Crippen LogP contribution in [0.4, 0.5) is 0 Å². The lowest BCUT2D eigenvalue weighted by molar-refractivity contribution is 0.583. The molecule has 0 unspecified atom stereocenters. The molecule has 51 heavy (non-hydrogen) atoms. The first-order chi connectivity index (χ1) is 25.3. The summed E-state index contributed by atoms with van der Waals surface area (Å²) in [6, 6.07) is 55.8. The van der Waals surface area contributed by atoms with Crippen LogP contribution in [0.3, 0.4) is 0 Å². The van der Waals surface area contributed by atoms with Crippen LogP contribution in [0.5, 0.6) is 0 Å². The molecule has 0 aliphatic heterocycles. The maximum absolute atomic E-state index is 6.63. The number of benzene rings is 8. The Bertz CT molecular complexity index is 3010. The second-order valence-corrected chi connectivity index (χ2v) is 13.2. The Morgan fingerprint density at radius 1 is 0.275 bits per heavy atom. The first-order valence-corrected chi connectivity index (χ1v) is 17.2. The SMILES string of the molecule is c1coc(-c2c3ccccc3c(-c3ccc4c(c3)oc3ccc(-c5c6ccccc6c(-c6ccco6)c6ccccc56)cc34)c3ccccc23)c1. The summed E-state index contributed by atoms with van der Waals surface area (Å²) in [5.74, 6) is 1.74. The molecule has 0 bridgehead atoms.